The number of nitrogens with zero attached hydrogens (tertiary/aromatic N) is 5. The fourth-order valence-corrected chi connectivity index (χ4v) is 2.80. The van der Waals surface area contributed by atoms with Crippen molar-refractivity contribution >= 4 is 28.4 Å². The predicted molar refractivity (Wildman–Crippen MR) is 95.3 cm³/mol. The molecule has 0 fully saturated rings. The number of nitrogens with two attached hydrogens (primary N) is 1. The second-order valence-corrected chi connectivity index (χ2v) is 5.55. The number of pyridine rings is 1. The molecule has 26 heavy (non-hydrogen) atoms. The van der Waals surface area contributed by atoms with Gasteiger partial charge in [-0.3, -0.25) is 9.78 Å². The Hall–Kier alpha value is -3.75. The van der Waals surface area contributed by atoms with E-state index in [0.29, 0.717) is 34.8 Å². The van der Waals surface area contributed by atoms with Gasteiger partial charge in [-0.05, 0) is 29.4 Å². The molecule has 0 spiro atoms. The van der Waals surface area contributed by atoms with E-state index >= 15 is 0 Å². The van der Waals surface area contributed by atoms with Gasteiger partial charge < -0.3 is 15.6 Å². The van der Waals surface area contributed by atoms with Gasteiger partial charge >= 0.3 is 0 Å². The highest BCUT2D eigenvalue weighted by Gasteiger charge is 2.21. The lowest BCUT2D eigenvalue weighted by molar-refractivity contribution is 0.102. The van der Waals surface area contributed by atoms with E-state index < -0.39 is 0 Å². The van der Waals surface area contributed by atoms with Crippen LogP contribution in [-0.2, 0) is 6.54 Å². The van der Waals surface area contributed by atoms with Gasteiger partial charge in [0.1, 0.15) is 5.52 Å². The number of aromatic nitrogens is 5. The zero-order valence-corrected chi connectivity index (χ0v) is 13.9. The Kier molecular flexibility index (Phi) is 3.81. The van der Waals surface area contributed by atoms with Gasteiger partial charge in [-0.15, -0.1) is 0 Å². The molecule has 0 saturated heterocycles. The standard InChI is InChI=1S/C17H15N7O2/c1-2-24-14-11(20-16(24)13-15(18)23-26-22-13)8-19-9-12(14)21-17(25)10-6-4-3-5-7-10/h3-9H,2H2,1H3,(H2,18,23)(H,21,25). The first-order valence-electron chi connectivity index (χ1n) is 7.98. The molecule has 0 saturated carbocycles. The summed E-state index contributed by atoms with van der Waals surface area (Å²) in [6, 6.07) is 8.96. The molecule has 4 aromatic rings. The topological polar surface area (TPSA) is 125 Å². The number of imidazole rings is 1. The summed E-state index contributed by atoms with van der Waals surface area (Å²) in [6.45, 7) is 2.54. The molecule has 1 aromatic carbocycles. The molecule has 3 N–H and O–H groups in total. The van der Waals surface area contributed by atoms with Crippen LogP contribution in [0.3, 0.4) is 0 Å². The van der Waals surface area contributed by atoms with Gasteiger partial charge in [0.05, 0.1) is 23.6 Å². The Bertz CT molecular complexity index is 1090. The zero-order valence-electron chi connectivity index (χ0n) is 13.9. The third-order valence-electron chi connectivity index (χ3n) is 3.98. The molecule has 0 radical (unpaired) electrons. The molecule has 0 aliphatic rings. The molecule has 4 rings (SSSR count). The van der Waals surface area contributed by atoms with Crippen molar-refractivity contribution in [1.29, 1.82) is 0 Å². The number of anilines is 2. The van der Waals surface area contributed by atoms with Crippen LogP contribution >= 0.6 is 0 Å². The highest BCUT2D eigenvalue weighted by atomic mass is 16.6. The van der Waals surface area contributed by atoms with E-state index in [1.807, 2.05) is 29.7 Å². The maximum Gasteiger partial charge on any atom is 0.255 e. The van der Waals surface area contributed by atoms with Crippen LogP contribution in [0, 0.1) is 0 Å². The van der Waals surface area contributed by atoms with E-state index in [4.69, 9.17) is 5.73 Å². The molecule has 1 amide bonds. The first-order chi connectivity index (χ1) is 12.7. The largest absolute Gasteiger partial charge is 0.379 e. The molecule has 0 aliphatic heterocycles. The van der Waals surface area contributed by atoms with Crippen LogP contribution in [0.1, 0.15) is 17.3 Å². The molecule has 0 aliphatic carbocycles. The number of hydrogen-bond acceptors (Lipinski definition) is 7. The van der Waals surface area contributed by atoms with Crippen LogP contribution in [0.5, 0.6) is 0 Å². The van der Waals surface area contributed by atoms with Gasteiger partial charge in [0.15, 0.2) is 17.3 Å². The van der Waals surface area contributed by atoms with Crippen molar-refractivity contribution in [3.63, 3.8) is 0 Å². The second kappa shape index (κ2) is 6.28. The number of benzene rings is 1. The van der Waals surface area contributed by atoms with E-state index in [0.717, 1.165) is 5.52 Å². The van der Waals surface area contributed by atoms with E-state index in [-0.39, 0.29) is 11.7 Å². The summed E-state index contributed by atoms with van der Waals surface area (Å²) >= 11 is 0. The molecular weight excluding hydrogens is 334 g/mol. The smallest absolute Gasteiger partial charge is 0.255 e. The van der Waals surface area contributed by atoms with Gasteiger partial charge in [-0.1, -0.05) is 18.2 Å². The Balaban J connectivity index is 1.83. The fourth-order valence-electron chi connectivity index (χ4n) is 2.80. The fraction of sp³-hybridized carbons (Fsp3) is 0.118. The van der Waals surface area contributed by atoms with Crippen molar-refractivity contribution in [2.75, 3.05) is 11.1 Å². The minimum absolute atomic E-state index is 0.151. The van der Waals surface area contributed by atoms with Gasteiger partial charge in [-0.2, -0.15) is 0 Å². The Morgan fingerprint density at radius 2 is 2.04 bits per heavy atom. The molecule has 3 heterocycles. The number of carbonyl (C=O) groups excluding carboxylic acids is 1. The van der Waals surface area contributed by atoms with Gasteiger partial charge in [0.2, 0.25) is 0 Å². The van der Waals surface area contributed by atoms with Crippen molar-refractivity contribution in [3.8, 4) is 11.5 Å². The summed E-state index contributed by atoms with van der Waals surface area (Å²) < 4.78 is 6.57. The maximum atomic E-state index is 12.5. The van der Waals surface area contributed by atoms with Crippen molar-refractivity contribution in [3.05, 3.63) is 48.3 Å². The summed E-state index contributed by atoms with van der Waals surface area (Å²) in [4.78, 5) is 21.2. The monoisotopic (exact) mass is 349 g/mol. The maximum absolute atomic E-state index is 12.5. The predicted octanol–water partition coefficient (Wildman–Crippen LogP) is 2.34. The minimum atomic E-state index is -0.229. The van der Waals surface area contributed by atoms with Crippen LogP contribution in [0.2, 0.25) is 0 Å². The SMILES string of the molecule is CCn1c(-c2nonc2N)nc2cncc(NC(=O)c3ccccc3)c21. The van der Waals surface area contributed by atoms with Crippen LogP contribution < -0.4 is 11.1 Å². The van der Waals surface area contributed by atoms with Gasteiger partial charge in [0.25, 0.3) is 5.91 Å². The van der Waals surface area contributed by atoms with E-state index in [9.17, 15) is 4.79 Å². The average molecular weight is 349 g/mol. The number of fused-ring (bicyclic) bond motifs is 1. The number of hydrogen-bond donors (Lipinski definition) is 2. The number of rotatable bonds is 4. The summed E-state index contributed by atoms with van der Waals surface area (Å²) in [5.74, 6) is 0.426. The van der Waals surface area contributed by atoms with E-state index in [1.165, 1.54) is 0 Å². The molecule has 0 bridgehead atoms. The molecule has 3 aromatic heterocycles. The number of amides is 1. The lowest BCUT2D eigenvalue weighted by atomic mass is 10.2. The summed E-state index contributed by atoms with van der Waals surface area (Å²) in [5, 5.41) is 10.3. The minimum Gasteiger partial charge on any atom is -0.379 e. The normalized spacial score (nSPS) is 11.0. The average Bonchev–Trinajstić information content (AvgIpc) is 3.25. The molecule has 130 valence electrons. The van der Waals surface area contributed by atoms with Crippen LogP contribution in [0.25, 0.3) is 22.6 Å². The molecule has 0 unspecified atom stereocenters. The first kappa shape index (κ1) is 15.8. The third-order valence-corrected chi connectivity index (χ3v) is 3.98. The van der Waals surface area contributed by atoms with Crippen molar-refractivity contribution < 1.29 is 9.42 Å². The first-order valence-corrected chi connectivity index (χ1v) is 7.98. The van der Waals surface area contributed by atoms with Crippen molar-refractivity contribution in [2.24, 2.45) is 0 Å². The Morgan fingerprint density at radius 3 is 2.73 bits per heavy atom. The van der Waals surface area contributed by atoms with Gasteiger partial charge in [0, 0.05) is 12.1 Å². The number of nitrogen functional groups attached to an aromatic ring is 1. The third kappa shape index (κ3) is 2.55. The van der Waals surface area contributed by atoms with Gasteiger partial charge in [-0.25, -0.2) is 9.61 Å². The van der Waals surface area contributed by atoms with E-state index in [1.54, 1.807) is 24.5 Å². The molecule has 9 nitrogen and oxygen atoms in total. The Labute approximate surface area is 147 Å². The lowest BCUT2D eigenvalue weighted by Crippen LogP contribution is -2.13. The van der Waals surface area contributed by atoms with Crippen LogP contribution in [0.4, 0.5) is 11.5 Å². The Morgan fingerprint density at radius 1 is 1.23 bits per heavy atom. The molecule has 0 atom stereocenters. The number of nitrogens with one attached hydrogen (secondary N) is 1. The van der Waals surface area contributed by atoms with E-state index in [2.05, 4.69) is 30.2 Å². The molecular formula is C17H15N7O2. The van der Waals surface area contributed by atoms with Crippen LogP contribution in [-0.4, -0.2) is 30.8 Å². The summed E-state index contributed by atoms with van der Waals surface area (Å²) in [5.41, 5.74) is 8.59. The summed E-state index contributed by atoms with van der Waals surface area (Å²) in [6.07, 6.45) is 3.21. The van der Waals surface area contributed by atoms with Crippen molar-refractivity contribution in [1.82, 2.24) is 24.8 Å². The number of aryl methyl sites for hydroxylation is 1. The number of carbonyl (C=O) groups is 1. The highest BCUT2D eigenvalue weighted by molar-refractivity contribution is 6.08. The van der Waals surface area contributed by atoms with Crippen LogP contribution in [0.15, 0.2) is 47.4 Å². The highest BCUT2D eigenvalue weighted by Crippen LogP contribution is 2.30. The quantitative estimate of drug-likeness (QED) is 0.579. The second-order valence-electron chi connectivity index (χ2n) is 5.55. The molecule has 9 heteroatoms. The van der Waals surface area contributed by atoms with Crippen molar-refractivity contribution in [2.45, 2.75) is 13.5 Å². The zero-order chi connectivity index (χ0) is 18.1. The summed E-state index contributed by atoms with van der Waals surface area (Å²) in [7, 11) is 0. The lowest BCUT2D eigenvalue weighted by Gasteiger charge is -2.09.